The van der Waals surface area contributed by atoms with Crippen molar-refractivity contribution in [3.05, 3.63) is 46.8 Å². The van der Waals surface area contributed by atoms with Gasteiger partial charge in [-0.25, -0.2) is 9.97 Å². The van der Waals surface area contributed by atoms with Crippen molar-refractivity contribution in [3.63, 3.8) is 0 Å². The summed E-state index contributed by atoms with van der Waals surface area (Å²) >= 11 is 12.2. The lowest BCUT2D eigenvalue weighted by molar-refractivity contribution is 0.468. The van der Waals surface area contributed by atoms with Crippen molar-refractivity contribution in [3.8, 4) is 0 Å². The molecule has 20 heavy (non-hydrogen) atoms. The maximum atomic E-state index is 6.22. The Morgan fingerprint density at radius 2 is 2.20 bits per heavy atom. The number of rotatable bonds is 3. The Bertz CT molecular complexity index is 761. The highest BCUT2D eigenvalue weighted by Crippen LogP contribution is 2.26. The Kier molecular flexibility index (Phi) is 3.44. The molecule has 0 amide bonds. The highest BCUT2D eigenvalue weighted by Gasteiger charge is 2.17. The Morgan fingerprint density at radius 3 is 2.85 bits per heavy atom. The van der Waals surface area contributed by atoms with Gasteiger partial charge in [0, 0.05) is 6.20 Å². The number of imidazole rings is 1. The summed E-state index contributed by atoms with van der Waals surface area (Å²) in [7, 11) is 0. The number of pyridine rings is 1. The van der Waals surface area contributed by atoms with Crippen molar-refractivity contribution in [2.45, 2.75) is 25.8 Å². The van der Waals surface area contributed by atoms with Gasteiger partial charge < -0.3 is 8.98 Å². The highest BCUT2D eigenvalue weighted by atomic mass is 35.5. The van der Waals surface area contributed by atoms with E-state index in [1.165, 1.54) is 0 Å². The van der Waals surface area contributed by atoms with Gasteiger partial charge >= 0.3 is 0 Å². The molecule has 3 heterocycles. The minimum absolute atomic E-state index is 0.223. The third kappa shape index (κ3) is 2.41. The molecule has 3 aromatic heterocycles. The molecule has 0 saturated heterocycles. The molecule has 3 aromatic rings. The molecule has 0 fully saturated rings. The lowest BCUT2D eigenvalue weighted by atomic mass is 10.4. The fourth-order valence-corrected chi connectivity index (χ4v) is 2.51. The zero-order valence-corrected chi connectivity index (χ0v) is 12.6. The SMILES string of the molecule is Cc1ccc(Cn2c(C(C)Cl)nc3cc(Cl)cnc32)o1. The van der Waals surface area contributed by atoms with Crippen LogP contribution in [0, 0.1) is 6.92 Å². The first-order chi connectivity index (χ1) is 9.54. The third-order valence-corrected chi connectivity index (χ3v) is 3.45. The Hall–Kier alpha value is -1.52. The van der Waals surface area contributed by atoms with Gasteiger partial charge in [0.1, 0.15) is 22.9 Å². The van der Waals surface area contributed by atoms with Crippen LogP contribution in [0.4, 0.5) is 0 Å². The highest BCUT2D eigenvalue weighted by molar-refractivity contribution is 6.31. The van der Waals surface area contributed by atoms with Gasteiger partial charge in [0.05, 0.1) is 16.9 Å². The zero-order valence-electron chi connectivity index (χ0n) is 11.1. The standard InChI is InChI=1S/C14H13Cl2N3O/c1-8-3-4-11(20-8)7-19-13(9(2)15)18-12-5-10(16)6-17-14(12)19/h3-6,9H,7H2,1-2H3. The summed E-state index contributed by atoms with van der Waals surface area (Å²) in [4.78, 5) is 8.87. The number of alkyl halides is 1. The van der Waals surface area contributed by atoms with Crippen molar-refractivity contribution in [1.29, 1.82) is 0 Å². The number of nitrogens with zero attached hydrogens (tertiary/aromatic N) is 3. The van der Waals surface area contributed by atoms with Crippen molar-refractivity contribution in [2.24, 2.45) is 0 Å². The van der Waals surface area contributed by atoms with E-state index in [1.54, 1.807) is 12.3 Å². The average Bonchev–Trinajstić information content (AvgIpc) is 2.94. The number of hydrogen-bond donors (Lipinski definition) is 0. The molecule has 0 bridgehead atoms. The summed E-state index contributed by atoms with van der Waals surface area (Å²) in [5, 5.41) is 0.337. The second kappa shape index (κ2) is 5.11. The van der Waals surface area contributed by atoms with Gasteiger partial charge in [-0.15, -0.1) is 11.6 Å². The van der Waals surface area contributed by atoms with E-state index in [1.807, 2.05) is 30.5 Å². The summed E-state index contributed by atoms with van der Waals surface area (Å²) < 4.78 is 7.58. The normalized spacial score (nSPS) is 13.0. The molecular weight excluding hydrogens is 297 g/mol. The fourth-order valence-electron chi connectivity index (χ4n) is 2.19. The van der Waals surface area contributed by atoms with E-state index < -0.39 is 0 Å². The molecule has 4 nitrogen and oxygen atoms in total. The molecule has 104 valence electrons. The number of fused-ring (bicyclic) bond motifs is 1. The number of aryl methyl sites for hydroxylation is 1. The van der Waals surface area contributed by atoms with Crippen LogP contribution in [0.25, 0.3) is 11.2 Å². The van der Waals surface area contributed by atoms with Gasteiger partial charge in [0.25, 0.3) is 0 Å². The lowest BCUT2D eigenvalue weighted by Crippen LogP contribution is -2.05. The van der Waals surface area contributed by atoms with Crippen LogP contribution < -0.4 is 0 Å². The minimum Gasteiger partial charge on any atom is -0.464 e. The van der Waals surface area contributed by atoms with Crippen LogP contribution >= 0.6 is 23.2 Å². The summed E-state index contributed by atoms with van der Waals surface area (Å²) in [6, 6.07) is 5.67. The van der Waals surface area contributed by atoms with Gasteiger partial charge in [-0.1, -0.05) is 11.6 Å². The van der Waals surface area contributed by atoms with E-state index in [9.17, 15) is 0 Å². The molecule has 0 spiro atoms. The van der Waals surface area contributed by atoms with Crippen LogP contribution in [0.15, 0.2) is 28.8 Å². The Morgan fingerprint density at radius 1 is 1.40 bits per heavy atom. The van der Waals surface area contributed by atoms with Gasteiger partial charge in [-0.05, 0) is 32.0 Å². The molecule has 0 saturated carbocycles. The fraction of sp³-hybridized carbons (Fsp3) is 0.286. The first kappa shape index (κ1) is 13.5. The van der Waals surface area contributed by atoms with Crippen molar-refractivity contribution in [2.75, 3.05) is 0 Å². The molecule has 6 heteroatoms. The molecular formula is C14H13Cl2N3O. The third-order valence-electron chi connectivity index (χ3n) is 3.05. The predicted molar refractivity (Wildman–Crippen MR) is 79.4 cm³/mol. The Balaban J connectivity index is 2.13. The summed E-state index contributed by atoms with van der Waals surface area (Å²) in [5.74, 6) is 2.48. The van der Waals surface area contributed by atoms with Gasteiger partial charge in [-0.3, -0.25) is 0 Å². The van der Waals surface area contributed by atoms with Crippen molar-refractivity contribution in [1.82, 2.24) is 14.5 Å². The van der Waals surface area contributed by atoms with E-state index in [2.05, 4.69) is 9.97 Å². The topological polar surface area (TPSA) is 43.9 Å². The molecule has 1 atom stereocenters. The van der Waals surface area contributed by atoms with E-state index in [4.69, 9.17) is 27.6 Å². The van der Waals surface area contributed by atoms with E-state index in [0.717, 1.165) is 28.5 Å². The van der Waals surface area contributed by atoms with Crippen LogP contribution in [0.3, 0.4) is 0 Å². The van der Waals surface area contributed by atoms with E-state index in [-0.39, 0.29) is 5.38 Å². The van der Waals surface area contributed by atoms with Crippen LogP contribution in [0.2, 0.25) is 5.02 Å². The maximum Gasteiger partial charge on any atom is 0.160 e. The molecule has 0 radical (unpaired) electrons. The van der Waals surface area contributed by atoms with Crippen LogP contribution in [-0.4, -0.2) is 14.5 Å². The van der Waals surface area contributed by atoms with E-state index >= 15 is 0 Å². The summed E-state index contributed by atoms with van der Waals surface area (Å²) in [6.45, 7) is 4.35. The Labute approximate surface area is 126 Å². The molecule has 0 aromatic carbocycles. The zero-order chi connectivity index (χ0) is 14.3. The average molecular weight is 310 g/mol. The maximum absolute atomic E-state index is 6.22. The molecule has 0 aliphatic heterocycles. The molecule has 0 aliphatic rings. The quantitative estimate of drug-likeness (QED) is 0.676. The molecule has 3 rings (SSSR count). The molecule has 1 unspecified atom stereocenters. The van der Waals surface area contributed by atoms with Gasteiger partial charge in [0.2, 0.25) is 0 Å². The summed E-state index contributed by atoms with van der Waals surface area (Å²) in [5.41, 5.74) is 1.49. The molecule has 0 aliphatic carbocycles. The van der Waals surface area contributed by atoms with Crippen LogP contribution in [0.5, 0.6) is 0 Å². The first-order valence-electron chi connectivity index (χ1n) is 6.25. The van der Waals surface area contributed by atoms with E-state index in [0.29, 0.717) is 11.6 Å². The monoisotopic (exact) mass is 309 g/mol. The van der Waals surface area contributed by atoms with Crippen LogP contribution in [0.1, 0.15) is 29.6 Å². The first-order valence-corrected chi connectivity index (χ1v) is 7.07. The second-order valence-corrected chi connectivity index (χ2v) is 5.77. The van der Waals surface area contributed by atoms with Crippen molar-refractivity contribution < 1.29 is 4.42 Å². The lowest BCUT2D eigenvalue weighted by Gasteiger charge is -2.08. The molecule has 0 N–H and O–H groups in total. The van der Waals surface area contributed by atoms with Gasteiger partial charge in [0.15, 0.2) is 5.65 Å². The van der Waals surface area contributed by atoms with Crippen LogP contribution in [-0.2, 0) is 6.54 Å². The summed E-state index contributed by atoms with van der Waals surface area (Å²) in [6.07, 6.45) is 1.61. The number of aromatic nitrogens is 3. The van der Waals surface area contributed by atoms with Crippen molar-refractivity contribution >= 4 is 34.4 Å². The predicted octanol–water partition coefficient (Wildman–Crippen LogP) is 4.33. The number of furan rings is 1. The van der Waals surface area contributed by atoms with Gasteiger partial charge in [-0.2, -0.15) is 0 Å². The number of hydrogen-bond acceptors (Lipinski definition) is 3. The second-order valence-electron chi connectivity index (χ2n) is 4.68. The minimum atomic E-state index is -0.223. The number of halogens is 2. The smallest absolute Gasteiger partial charge is 0.160 e. The largest absolute Gasteiger partial charge is 0.464 e.